The van der Waals surface area contributed by atoms with Crippen molar-refractivity contribution in [2.45, 2.75) is 58.5 Å². The highest BCUT2D eigenvalue weighted by molar-refractivity contribution is 5.03. The van der Waals surface area contributed by atoms with Crippen LogP contribution >= 0.6 is 0 Å². The van der Waals surface area contributed by atoms with Crippen molar-refractivity contribution in [2.24, 2.45) is 11.8 Å². The van der Waals surface area contributed by atoms with Gasteiger partial charge in [-0.05, 0) is 49.7 Å². The van der Waals surface area contributed by atoms with Crippen LogP contribution in [-0.2, 0) is 4.74 Å². The Morgan fingerprint density at radius 3 is 2.50 bits per heavy atom. The van der Waals surface area contributed by atoms with E-state index in [1.54, 1.807) is 6.26 Å². The molecule has 1 saturated carbocycles. The average Bonchev–Trinajstić information content (AvgIpc) is 2.90. The number of hydrogen-bond acceptors (Lipinski definition) is 2. The molecule has 2 heteroatoms. The molecule has 0 spiro atoms. The smallest absolute Gasteiger partial charge is 0.108 e. The van der Waals surface area contributed by atoms with Gasteiger partial charge in [0.2, 0.25) is 0 Å². The molecule has 0 aliphatic heterocycles. The Labute approximate surface area is 111 Å². The highest BCUT2D eigenvalue weighted by Gasteiger charge is 2.24. The summed E-state index contributed by atoms with van der Waals surface area (Å²) < 4.78 is 11.4. The summed E-state index contributed by atoms with van der Waals surface area (Å²) in [7, 11) is 0. The Bertz CT molecular complexity index is 321. The van der Waals surface area contributed by atoms with E-state index in [4.69, 9.17) is 9.15 Å². The monoisotopic (exact) mass is 250 g/mol. The van der Waals surface area contributed by atoms with E-state index in [1.807, 2.05) is 12.1 Å². The standard InChI is InChI=1S/C16H26O2/c1-12(2)14-6-8-15(9-7-14)18-11-13(3)16-5-4-10-17-16/h4-5,10,12-15H,6-9,11H2,1-3H3. The van der Waals surface area contributed by atoms with E-state index < -0.39 is 0 Å². The van der Waals surface area contributed by atoms with Gasteiger partial charge in [0.05, 0.1) is 19.0 Å². The van der Waals surface area contributed by atoms with Crippen molar-refractivity contribution in [1.29, 1.82) is 0 Å². The summed E-state index contributed by atoms with van der Waals surface area (Å²) >= 11 is 0. The van der Waals surface area contributed by atoms with Crippen LogP contribution in [0.2, 0.25) is 0 Å². The Hall–Kier alpha value is -0.760. The van der Waals surface area contributed by atoms with Gasteiger partial charge < -0.3 is 9.15 Å². The zero-order valence-electron chi connectivity index (χ0n) is 11.9. The largest absolute Gasteiger partial charge is 0.469 e. The van der Waals surface area contributed by atoms with Crippen LogP contribution in [0.4, 0.5) is 0 Å². The molecule has 1 heterocycles. The minimum Gasteiger partial charge on any atom is -0.469 e. The molecular weight excluding hydrogens is 224 g/mol. The zero-order chi connectivity index (χ0) is 13.0. The lowest BCUT2D eigenvalue weighted by Gasteiger charge is -2.31. The Morgan fingerprint density at radius 1 is 1.22 bits per heavy atom. The lowest BCUT2D eigenvalue weighted by atomic mass is 9.80. The van der Waals surface area contributed by atoms with Gasteiger partial charge in [-0.3, -0.25) is 0 Å². The third kappa shape index (κ3) is 3.61. The quantitative estimate of drug-likeness (QED) is 0.761. The van der Waals surface area contributed by atoms with Crippen molar-refractivity contribution < 1.29 is 9.15 Å². The van der Waals surface area contributed by atoms with Crippen LogP contribution in [0.3, 0.4) is 0 Å². The van der Waals surface area contributed by atoms with Gasteiger partial charge in [-0.2, -0.15) is 0 Å². The third-order valence-corrected chi connectivity index (χ3v) is 4.27. The van der Waals surface area contributed by atoms with Gasteiger partial charge in [0, 0.05) is 5.92 Å². The molecule has 1 aliphatic rings. The molecule has 1 fully saturated rings. The van der Waals surface area contributed by atoms with Crippen LogP contribution in [0.25, 0.3) is 0 Å². The molecule has 0 saturated heterocycles. The van der Waals surface area contributed by atoms with Gasteiger partial charge in [-0.1, -0.05) is 20.8 Å². The summed E-state index contributed by atoms with van der Waals surface area (Å²) in [5, 5.41) is 0. The van der Waals surface area contributed by atoms with Gasteiger partial charge in [0.15, 0.2) is 0 Å². The Kier molecular flexibility index (Phi) is 4.87. The predicted octanol–water partition coefficient (Wildman–Crippen LogP) is 4.61. The number of hydrogen-bond donors (Lipinski definition) is 0. The SMILES string of the molecule is CC(COC1CCC(C(C)C)CC1)c1ccco1. The van der Waals surface area contributed by atoms with Crippen molar-refractivity contribution in [3.05, 3.63) is 24.2 Å². The molecule has 0 bridgehead atoms. The second kappa shape index (κ2) is 6.42. The van der Waals surface area contributed by atoms with Gasteiger partial charge in [0.25, 0.3) is 0 Å². The van der Waals surface area contributed by atoms with Gasteiger partial charge in [0.1, 0.15) is 5.76 Å². The molecule has 0 radical (unpaired) electrons. The van der Waals surface area contributed by atoms with Gasteiger partial charge >= 0.3 is 0 Å². The van der Waals surface area contributed by atoms with Crippen LogP contribution in [0.15, 0.2) is 22.8 Å². The lowest BCUT2D eigenvalue weighted by molar-refractivity contribution is 0.00560. The van der Waals surface area contributed by atoms with E-state index in [-0.39, 0.29) is 0 Å². The van der Waals surface area contributed by atoms with Crippen LogP contribution < -0.4 is 0 Å². The molecule has 102 valence electrons. The maximum Gasteiger partial charge on any atom is 0.108 e. The molecule has 0 N–H and O–H groups in total. The third-order valence-electron chi connectivity index (χ3n) is 4.27. The van der Waals surface area contributed by atoms with Crippen LogP contribution in [0.5, 0.6) is 0 Å². The molecule has 2 nitrogen and oxygen atoms in total. The first-order valence-corrected chi connectivity index (χ1v) is 7.31. The summed E-state index contributed by atoms with van der Waals surface area (Å²) in [5.74, 6) is 3.13. The first-order chi connectivity index (χ1) is 8.66. The first-order valence-electron chi connectivity index (χ1n) is 7.31. The van der Waals surface area contributed by atoms with Crippen molar-refractivity contribution in [2.75, 3.05) is 6.61 Å². The normalized spacial score (nSPS) is 26.4. The molecule has 0 amide bonds. The molecule has 1 unspecified atom stereocenters. The summed E-state index contributed by atoms with van der Waals surface area (Å²) in [6.07, 6.45) is 7.33. The van der Waals surface area contributed by atoms with Crippen LogP contribution in [-0.4, -0.2) is 12.7 Å². The Balaban J connectivity index is 1.69. The minimum atomic E-state index is 0.364. The van der Waals surface area contributed by atoms with E-state index in [0.29, 0.717) is 12.0 Å². The maximum atomic E-state index is 6.04. The van der Waals surface area contributed by atoms with Crippen LogP contribution in [0.1, 0.15) is 58.1 Å². The fourth-order valence-corrected chi connectivity index (χ4v) is 2.86. The molecular formula is C16H26O2. The summed E-state index contributed by atoms with van der Waals surface area (Å²) in [6.45, 7) is 7.62. The van der Waals surface area contributed by atoms with Crippen molar-refractivity contribution in [3.8, 4) is 0 Å². The van der Waals surface area contributed by atoms with E-state index in [0.717, 1.165) is 24.2 Å². The fourth-order valence-electron chi connectivity index (χ4n) is 2.86. The maximum absolute atomic E-state index is 6.04. The molecule has 0 aromatic carbocycles. The Morgan fingerprint density at radius 2 is 1.94 bits per heavy atom. The molecule has 1 aromatic heterocycles. The van der Waals surface area contributed by atoms with E-state index >= 15 is 0 Å². The van der Waals surface area contributed by atoms with E-state index in [1.165, 1.54) is 25.7 Å². The lowest BCUT2D eigenvalue weighted by Crippen LogP contribution is -2.25. The summed E-state index contributed by atoms with van der Waals surface area (Å²) in [5.41, 5.74) is 0. The predicted molar refractivity (Wildman–Crippen MR) is 73.7 cm³/mol. The number of furan rings is 1. The second-order valence-electron chi connectivity index (χ2n) is 6.03. The minimum absolute atomic E-state index is 0.364. The van der Waals surface area contributed by atoms with Gasteiger partial charge in [-0.15, -0.1) is 0 Å². The average molecular weight is 250 g/mol. The van der Waals surface area contributed by atoms with Gasteiger partial charge in [-0.25, -0.2) is 0 Å². The molecule has 1 atom stereocenters. The fraction of sp³-hybridized carbons (Fsp3) is 0.750. The summed E-state index contributed by atoms with van der Waals surface area (Å²) in [4.78, 5) is 0. The van der Waals surface area contributed by atoms with Crippen molar-refractivity contribution in [3.63, 3.8) is 0 Å². The van der Waals surface area contributed by atoms with E-state index in [2.05, 4.69) is 20.8 Å². The molecule has 2 rings (SSSR count). The summed E-state index contributed by atoms with van der Waals surface area (Å²) in [6, 6.07) is 3.98. The first kappa shape index (κ1) is 13.7. The molecule has 1 aliphatic carbocycles. The topological polar surface area (TPSA) is 22.4 Å². The second-order valence-corrected chi connectivity index (χ2v) is 6.03. The zero-order valence-corrected chi connectivity index (χ0v) is 11.9. The van der Waals surface area contributed by atoms with Crippen molar-refractivity contribution >= 4 is 0 Å². The molecule has 1 aromatic rings. The van der Waals surface area contributed by atoms with Crippen LogP contribution in [0, 0.1) is 11.8 Å². The van der Waals surface area contributed by atoms with E-state index in [9.17, 15) is 0 Å². The highest BCUT2D eigenvalue weighted by Crippen LogP contribution is 2.31. The number of ether oxygens (including phenoxy) is 1. The highest BCUT2D eigenvalue weighted by atomic mass is 16.5. The van der Waals surface area contributed by atoms with Crippen molar-refractivity contribution in [1.82, 2.24) is 0 Å². The molecule has 18 heavy (non-hydrogen) atoms. The number of rotatable bonds is 5.